The average molecular weight is 481 g/mol. The second-order valence-corrected chi connectivity index (χ2v) is 10.7. The first-order chi connectivity index (χ1) is 16.0. The van der Waals surface area contributed by atoms with Crippen LogP contribution < -0.4 is 10.3 Å². The van der Waals surface area contributed by atoms with E-state index in [1.807, 2.05) is 42.5 Å². The third-order valence-corrected chi connectivity index (χ3v) is 8.10. The maximum absolute atomic E-state index is 13.2. The summed E-state index contributed by atoms with van der Waals surface area (Å²) in [5.74, 6) is 1.32. The Labute approximate surface area is 197 Å². The van der Waals surface area contributed by atoms with Crippen LogP contribution in [0.15, 0.2) is 93.7 Å². The fraction of sp³-hybridized carbons (Fsp3) is 0.200. The molecule has 4 aromatic rings. The second-order valence-electron chi connectivity index (χ2n) is 7.48. The van der Waals surface area contributed by atoms with Crippen LogP contribution in [-0.4, -0.2) is 36.6 Å². The van der Waals surface area contributed by atoms with Crippen molar-refractivity contribution in [3.63, 3.8) is 0 Å². The van der Waals surface area contributed by atoms with Crippen molar-refractivity contribution in [2.45, 2.75) is 23.0 Å². The van der Waals surface area contributed by atoms with E-state index in [1.165, 1.54) is 11.8 Å². The molecule has 1 aromatic heterocycles. The highest BCUT2D eigenvalue weighted by Crippen LogP contribution is 2.21. The lowest BCUT2D eigenvalue weighted by molar-refractivity contribution is 0.414. The van der Waals surface area contributed by atoms with E-state index in [0.29, 0.717) is 39.7 Å². The molecule has 0 amide bonds. The minimum atomic E-state index is -3.34. The lowest BCUT2D eigenvalue weighted by Crippen LogP contribution is -2.24. The Morgan fingerprint density at radius 1 is 0.939 bits per heavy atom. The van der Waals surface area contributed by atoms with Crippen LogP contribution in [0.2, 0.25) is 0 Å². The molecule has 0 atom stereocenters. The van der Waals surface area contributed by atoms with Gasteiger partial charge in [0.1, 0.15) is 5.75 Å². The standard InChI is InChI=1S/C25H24N2O4S2/c1-31-20-14-12-19(13-15-20)18-27-24(28)22-10-5-6-11-23(22)26-25(27)32-16-7-17-33(29,30)21-8-3-2-4-9-21/h2-6,8-15H,7,16-18H2,1H3. The average Bonchev–Trinajstić information content (AvgIpc) is 2.85. The molecule has 170 valence electrons. The zero-order valence-electron chi connectivity index (χ0n) is 18.2. The third-order valence-electron chi connectivity index (χ3n) is 5.22. The molecular weight excluding hydrogens is 456 g/mol. The number of rotatable bonds is 9. The molecule has 0 bridgehead atoms. The van der Waals surface area contributed by atoms with Crippen LogP contribution in [0, 0.1) is 0 Å². The molecule has 0 radical (unpaired) electrons. The Morgan fingerprint density at radius 3 is 2.36 bits per heavy atom. The summed E-state index contributed by atoms with van der Waals surface area (Å²) in [6.07, 6.45) is 0.452. The topological polar surface area (TPSA) is 78.3 Å². The summed E-state index contributed by atoms with van der Waals surface area (Å²) in [7, 11) is -1.73. The summed E-state index contributed by atoms with van der Waals surface area (Å²) in [6, 6.07) is 23.3. The van der Waals surface area contributed by atoms with Crippen LogP contribution in [0.3, 0.4) is 0 Å². The van der Waals surface area contributed by atoms with E-state index in [-0.39, 0.29) is 11.3 Å². The number of aromatic nitrogens is 2. The van der Waals surface area contributed by atoms with Crippen molar-refractivity contribution in [2.75, 3.05) is 18.6 Å². The minimum Gasteiger partial charge on any atom is -0.497 e. The lowest BCUT2D eigenvalue weighted by atomic mass is 10.2. The molecule has 0 aliphatic carbocycles. The second kappa shape index (κ2) is 10.2. The molecule has 0 aliphatic rings. The number of ether oxygens (including phenoxy) is 1. The molecule has 0 fully saturated rings. The van der Waals surface area contributed by atoms with Gasteiger partial charge in [0.2, 0.25) is 0 Å². The Bertz CT molecular complexity index is 1400. The molecule has 1 heterocycles. The third kappa shape index (κ3) is 5.46. The van der Waals surface area contributed by atoms with Gasteiger partial charge in [-0.25, -0.2) is 13.4 Å². The first-order valence-electron chi connectivity index (χ1n) is 10.5. The maximum atomic E-state index is 13.2. The van der Waals surface area contributed by atoms with Crippen molar-refractivity contribution in [1.29, 1.82) is 0 Å². The smallest absolute Gasteiger partial charge is 0.262 e. The Balaban J connectivity index is 1.55. The van der Waals surface area contributed by atoms with Crippen LogP contribution >= 0.6 is 11.8 Å². The summed E-state index contributed by atoms with van der Waals surface area (Å²) >= 11 is 1.40. The first-order valence-corrected chi connectivity index (χ1v) is 13.1. The SMILES string of the molecule is COc1ccc(Cn2c(SCCCS(=O)(=O)c3ccccc3)nc3ccccc3c2=O)cc1. The number of sulfone groups is 1. The summed E-state index contributed by atoms with van der Waals surface area (Å²) in [5.41, 5.74) is 1.46. The minimum absolute atomic E-state index is 0.0420. The number of benzene rings is 3. The summed E-state index contributed by atoms with van der Waals surface area (Å²) < 4.78 is 32.0. The summed E-state index contributed by atoms with van der Waals surface area (Å²) in [5, 5.41) is 1.13. The molecule has 0 aliphatic heterocycles. The van der Waals surface area contributed by atoms with Gasteiger partial charge in [-0.2, -0.15) is 0 Å². The first kappa shape index (κ1) is 23.1. The van der Waals surface area contributed by atoms with Crippen molar-refractivity contribution in [3.8, 4) is 5.75 Å². The molecule has 0 saturated carbocycles. The Morgan fingerprint density at radius 2 is 1.64 bits per heavy atom. The van der Waals surface area contributed by atoms with E-state index < -0.39 is 9.84 Å². The van der Waals surface area contributed by atoms with Gasteiger partial charge in [0, 0.05) is 5.75 Å². The molecular formula is C25H24N2O4S2. The number of hydrogen-bond donors (Lipinski definition) is 0. The van der Waals surface area contributed by atoms with Crippen LogP contribution in [-0.2, 0) is 16.4 Å². The van der Waals surface area contributed by atoms with Crippen molar-refractivity contribution < 1.29 is 13.2 Å². The van der Waals surface area contributed by atoms with Gasteiger partial charge in [0.25, 0.3) is 5.56 Å². The van der Waals surface area contributed by atoms with Crippen LogP contribution in [0.1, 0.15) is 12.0 Å². The van der Waals surface area contributed by atoms with Gasteiger partial charge in [0.05, 0.1) is 35.2 Å². The van der Waals surface area contributed by atoms with Gasteiger partial charge in [-0.1, -0.05) is 54.2 Å². The fourth-order valence-electron chi connectivity index (χ4n) is 3.47. The highest BCUT2D eigenvalue weighted by Gasteiger charge is 2.15. The van der Waals surface area contributed by atoms with Crippen molar-refractivity contribution >= 4 is 32.5 Å². The normalized spacial score (nSPS) is 11.5. The van der Waals surface area contributed by atoms with Crippen molar-refractivity contribution in [3.05, 3.63) is 94.8 Å². The predicted molar refractivity (Wildman–Crippen MR) is 132 cm³/mol. The predicted octanol–water partition coefficient (Wildman–Crippen LogP) is 4.41. The Hall–Kier alpha value is -3.10. The lowest BCUT2D eigenvalue weighted by Gasteiger charge is -2.13. The van der Waals surface area contributed by atoms with E-state index in [2.05, 4.69) is 0 Å². The zero-order valence-corrected chi connectivity index (χ0v) is 19.8. The summed E-state index contributed by atoms with van der Waals surface area (Å²) in [6.45, 7) is 0.366. The largest absolute Gasteiger partial charge is 0.497 e. The number of methoxy groups -OCH3 is 1. The molecule has 0 saturated heterocycles. The van der Waals surface area contributed by atoms with Gasteiger partial charge in [-0.05, 0) is 48.4 Å². The molecule has 8 heteroatoms. The fourth-order valence-corrected chi connectivity index (χ4v) is 5.92. The highest BCUT2D eigenvalue weighted by atomic mass is 32.2. The van der Waals surface area contributed by atoms with Crippen LogP contribution in [0.25, 0.3) is 10.9 Å². The maximum Gasteiger partial charge on any atom is 0.262 e. The van der Waals surface area contributed by atoms with Crippen molar-refractivity contribution in [1.82, 2.24) is 9.55 Å². The molecule has 6 nitrogen and oxygen atoms in total. The van der Waals surface area contributed by atoms with Gasteiger partial charge in [-0.15, -0.1) is 0 Å². The highest BCUT2D eigenvalue weighted by molar-refractivity contribution is 7.99. The zero-order chi connectivity index (χ0) is 23.3. The number of thioether (sulfide) groups is 1. The van der Waals surface area contributed by atoms with E-state index >= 15 is 0 Å². The van der Waals surface area contributed by atoms with E-state index in [4.69, 9.17) is 9.72 Å². The van der Waals surface area contributed by atoms with E-state index in [9.17, 15) is 13.2 Å². The van der Waals surface area contributed by atoms with Gasteiger partial charge in [0.15, 0.2) is 15.0 Å². The molecule has 0 N–H and O–H groups in total. The summed E-state index contributed by atoms with van der Waals surface area (Å²) in [4.78, 5) is 18.3. The monoisotopic (exact) mass is 480 g/mol. The Kier molecular flexibility index (Phi) is 7.15. The van der Waals surface area contributed by atoms with Gasteiger partial charge < -0.3 is 4.74 Å². The number of hydrogen-bond acceptors (Lipinski definition) is 6. The van der Waals surface area contributed by atoms with Crippen LogP contribution in [0.5, 0.6) is 5.75 Å². The van der Waals surface area contributed by atoms with E-state index in [1.54, 1.807) is 48.1 Å². The molecule has 33 heavy (non-hydrogen) atoms. The van der Waals surface area contributed by atoms with Crippen LogP contribution in [0.4, 0.5) is 0 Å². The molecule has 0 unspecified atom stereocenters. The number of fused-ring (bicyclic) bond motifs is 1. The quantitative estimate of drug-likeness (QED) is 0.201. The van der Waals surface area contributed by atoms with Gasteiger partial charge in [-0.3, -0.25) is 9.36 Å². The molecule has 0 spiro atoms. The molecule has 3 aromatic carbocycles. The van der Waals surface area contributed by atoms with Crippen molar-refractivity contribution in [2.24, 2.45) is 0 Å². The number of nitrogens with zero attached hydrogens (tertiary/aromatic N) is 2. The molecule has 4 rings (SSSR count). The van der Waals surface area contributed by atoms with Gasteiger partial charge >= 0.3 is 0 Å². The van der Waals surface area contributed by atoms with E-state index in [0.717, 1.165) is 11.3 Å². The number of para-hydroxylation sites is 1.